The van der Waals surface area contributed by atoms with Crippen LogP contribution in [0.25, 0.3) is 5.00 Å². The second-order valence-electron chi connectivity index (χ2n) is 3.24. The van der Waals surface area contributed by atoms with Crippen LogP contribution in [0.5, 0.6) is 0 Å². The van der Waals surface area contributed by atoms with Gasteiger partial charge in [0.1, 0.15) is 11.3 Å². The Kier molecular flexibility index (Phi) is 2.55. The Balaban J connectivity index is 2.36. The molecule has 0 saturated carbocycles. The number of nitrogens with one attached hydrogen (secondary N) is 1. The number of nitrogens with zero attached hydrogens (tertiary/aromatic N) is 2. The van der Waals surface area contributed by atoms with Crippen LogP contribution >= 0.6 is 11.3 Å². The molecule has 0 unspecified atom stereocenters. The third-order valence-corrected chi connectivity index (χ3v) is 2.83. The van der Waals surface area contributed by atoms with Crippen LogP contribution in [-0.4, -0.2) is 15.5 Å². The molecule has 2 aromatic heterocycles. The van der Waals surface area contributed by atoms with Crippen LogP contribution in [-0.2, 0) is 4.79 Å². The molecule has 4 nitrogen and oxygen atoms in total. The van der Waals surface area contributed by atoms with Crippen molar-refractivity contribution in [1.82, 2.24) is 9.55 Å². The first kappa shape index (κ1) is 9.92. The summed E-state index contributed by atoms with van der Waals surface area (Å²) >= 11 is 1.57. The molecule has 5 heteroatoms. The summed E-state index contributed by atoms with van der Waals surface area (Å²) in [6.07, 6.45) is 3.67. The Bertz CT molecular complexity index is 486. The van der Waals surface area contributed by atoms with Gasteiger partial charge >= 0.3 is 0 Å². The van der Waals surface area contributed by atoms with Crippen molar-refractivity contribution in [2.45, 2.75) is 13.8 Å². The van der Waals surface area contributed by atoms with Crippen molar-refractivity contribution in [1.29, 1.82) is 0 Å². The number of anilines is 1. The van der Waals surface area contributed by atoms with Crippen molar-refractivity contribution < 1.29 is 4.79 Å². The molecule has 0 bridgehead atoms. The van der Waals surface area contributed by atoms with Crippen LogP contribution in [0, 0.1) is 6.92 Å². The smallest absolute Gasteiger partial charge is 0.221 e. The van der Waals surface area contributed by atoms with Gasteiger partial charge in [-0.1, -0.05) is 0 Å². The van der Waals surface area contributed by atoms with Gasteiger partial charge < -0.3 is 5.32 Å². The average Bonchev–Trinajstić information content (AvgIpc) is 2.72. The van der Waals surface area contributed by atoms with Gasteiger partial charge in [-0.2, -0.15) is 0 Å². The highest BCUT2D eigenvalue weighted by atomic mass is 32.1. The molecule has 0 aliphatic heterocycles. The summed E-state index contributed by atoms with van der Waals surface area (Å²) in [7, 11) is 0. The molecule has 2 rings (SSSR count). The van der Waals surface area contributed by atoms with E-state index in [4.69, 9.17) is 0 Å². The Hall–Kier alpha value is -1.62. The number of amides is 1. The summed E-state index contributed by atoms with van der Waals surface area (Å²) in [6.45, 7) is 3.43. The number of aryl methyl sites for hydroxylation is 1. The van der Waals surface area contributed by atoms with E-state index in [0.717, 1.165) is 16.4 Å². The van der Waals surface area contributed by atoms with Crippen molar-refractivity contribution in [3.8, 4) is 5.00 Å². The lowest BCUT2D eigenvalue weighted by Gasteiger charge is -2.03. The van der Waals surface area contributed by atoms with E-state index in [-0.39, 0.29) is 5.91 Å². The molecule has 0 spiro atoms. The predicted octanol–water partition coefficient (Wildman–Crippen LogP) is 2.20. The van der Waals surface area contributed by atoms with E-state index in [1.54, 1.807) is 17.7 Å². The molecule has 0 aliphatic rings. The Morgan fingerprint density at radius 3 is 3.00 bits per heavy atom. The fourth-order valence-electron chi connectivity index (χ4n) is 1.32. The summed E-state index contributed by atoms with van der Waals surface area (Å²) in [5, 5.41) is 5.70. The highest BCUT2D eigenvalue weighted by Gasteiger charge is 2.07. The zero-order chi connectivity index (χ0) is 10.8. The normalized spacial score (nSPS) is 10.3. The van der Waals surface area contributed by atoms with Crippen LogP contribution in [0.15, 0.2) is 24.0 Å². The number of hydrogen-bond acceptors (Lipinski definition) is 3. The van der Waals surface area contributed by atoms with Gasteiger partial charge in [-0.05, 0) is 18.4 Å². The van der Waals surface area contributed by atoms with E-state index in [2.05, 4.69) is 10.3 Å². The molecule has 0 atom stereocenters. The van der Waals surface area contributed by atoms with E-state index < -0.39 is 0 Å². The van der Waals surface area contributed by atoms with Crippen LogP contribution in [0.2, 0.25) is 0 Å². The molecule has 1 amide bonds. The lowest BCUT2D eigenvalue weighted by Crippen LogP contribution is -2.06. The SMILES string of the molecule is CC(=O)Nc1ccsc1-n1cnc(C)c1. The maximum Gasteiger partial charge on any atom is 0.221 e. The van der Waals surface area contributed by atoms with E-state index in [1.165, 1.54) is 6.92 Å². The van der Waals surface area contributed by atoms with E-state index >= 15 is 0 Å². The summed E-state index contributed by atoms with van der Waals surface area (Å²) in [4.78, 5) is 15.1. The van der Waals surface area contributed by atoms with Crippen LogP contribution in [0.3, 0.4) is 0 Å². The third kappa shape index (κ3) is 2.07. The lowest BCUT2D eigenvalue weighted by atomic mass is 10.4. The fraction of sp³-hybridized carbons (Fsp3) is 0.200. The standard InChI is InChI=1S/C10H11N3OS/c1-7-5-13(6-11-7)10-9(3-4-15-10)12-8(2)14/h3-6H,1-2H3,(H,12,14). The molecule has 0 fully saturated rings. The summed E-state index contributed by atoms with van der Waals surface area (Å²) < 4.78 is 1.91. The van der Waals surface area contributed by atoms with E-state index in [9.17, 15) is 4.79 Å². The number of aromatic nitrogens is 2. The second kappa shape index (κ2) is 3.86. The van der Waals surface area contributed by atoms with Crippen LogP contribution < -0.4 is 5.32 Å². The third-order valence-electron chi connectivity index (χ3n) is 1.90. The highest BCUT2D eigenvalue weighted by molar-refractivity contribution is 7.13. The van der Waals surface area contributed by atoms with Gasteiger partial charge in [-0.15, -0.1) is 11.3 Å². The quantitative estimate of drug-likeness (QED) is 0.845. The van der Waals surface area contributed by atoms with Crippen molar-refractivity contribution in [3.63, 3.8) is 0 Å². The largest absolute Gasteiger partial charge is 0.324 e. The monoisotopic (exact) mass is 221 g/mol. The average molecular weight is 221 g/mol. The van der Waals surface area contributed by atoms with E-state index in [0.29, 0.717) is 0 Å². The molecule has 15 heavy (non-hydrogen) atoms. The first-order valence-corrected chi connectivity index (χ1v) is 5.41. The van der Waals surface area contributed by atoms with Crippen molar-refractivity contribution in [3.05, 3.63) is 29.7 Å². The van der Waals surface area contributed by atoms with Gasteiger partial charge in [0.05, 0.1) is 11.4 Å². The summed E-state index contributed by atoms with van der Waals surface area (Å²) in [5.74, 6) is -0.0634. The van der Waals surface area contributed by atoms with Gasteiger partial charge in [-0.25, -0.2) is 4.98 Å². The number of carbonyl (C=O) groups is 1. The molecular formula is C10H11N3OS. The maximum atomic E-state index is 11.0. The minimum Gasteiger partial charge on any atom is -0.324 e. The minimum atomic E-state index is -0.0634. The van der Waals surface area contributed by atoms with Gasteiger partial charge in [0.25, 0.3) is 0 Å². The lowest BCUT2D eigenvalue weighted by molar-refractivity contribution is -0.114. The molecule has 0 radical (unpaired) electrons. The number of rotatable bonds is 2. The van der Waals surface area contributed by atoms with E-state index in [1.807, 2.05) is 29.1 Å². The minimum absolute atomic E-state index is 0.0634. The van der Waals surface area contributed by atoms with Crippen molar-refractivity contribution in [2.24, 2.45) is 0 Å². The molecule has 1 N–H and O–H groups in total. The number of thiophene rings is 1. The second-order valence-corrected chi connectivity index (χ2v) is 4.14. The predicted molar refractivity (Wildman–Crippen MR) is 60.5 cm³/mol. The zero-order valence-electron chi connectivity index (χ0n) is 8.52. The highest BCUT2D eigenvalue weighted by Crippen LogP contribution is 2.26. The number of hydrogen-bond donors (Lipinski definition) is 1. The summed E-state index contributed by atoms with van der Waals surface area (Å²) in [5.41, 5.74) is 1.78. The topological polar surface area (TPSA) is 46.9 Å². The zero-order valence-corrected chi connectivity index (χ0v) is 9.34. The molecule has 78 valence electrons. The molecule has 2 aromatic rings. The Morgan fingerprint density at radius 2 is 2.40 bits per heavy atom. The molecule has 2 heterocycles. The molecule has 0 aliphatic carbocycles. The van der Waals surface area contributed by atoms with Gasteiger partial charge in [0, 0.05) is 13.1 Å². The molecular weight excluding hydrogens is 210 g/mol. The maximum absolute atomic E-state index is 11.0. The van der Waals surface area contributed by atoms with Gasteiger partial charge in [-0.3, -0.25) is 9.36 Å². The van der Waals surface area contributed by atoms with Crippen LogP contribution in [0.4, 0.5) is 5.69 Å². The van der Waals surface area contributed by atoms with Crippen molar-refractivity contribution >= 4 is 22.9 Å². The Labute approximate surface area is 91.6 Å². The fourth-order valence-corrected chi connectivity index (χ4v) is 2.12. The van der Waals surface area contributed by atoms with Gasteiger partial charge in [0.2, 0.25) is 5.91 Å². The number of carbonyl (C=O) groups excluding carboxylic acids is 1. The molecule has 0 saturated heterocycles. The first-order valence-electron chi connectivity index (χ1n) is 4.53. The van der Waals surface area contributed by atoms with Gasteiger partial charge in [0.15, 0.2) is 0 Å². The van der Waals surface area contributed by atoms with Crippen molar-refractivity contribution in [2.75, 3.05) is 5.32 Å². The molecule has 0 aromatic carbocycles. The van der Waals surface area contributed by atoms with Crippen LogP contribution in [0.1, 0.15) is 12.6 Å². The Morgan fingerprint density at radius 1 is 1.60 bits per heavy atom. The first-order chi connectivity index (χ1) is 7.16. The number of imidazole rings is 1. The summed E-state index contributed by atoms with van der Waals surface area (Å²) in [6, 6.07) is 1.89.